The summed E-state index contributed by atoms with van der Waals surface area (Å²) in [6, 6.07) is 2.71. The number of esters is 1. The number of aromatic nitrogens is 2. The summed E-state index contributed by atoms with van der Waals surface area (Å²) in [4.78, 5) is 27.4. The second-order valence-corrected chi connectivity index (χ2v) is 13.4. The minimum atomic E-state index is -3.88. The number of ether oxygens (including phenoxy) is 2. The van der Waals surface area contributed by atoms with Gasteiger partial charge in [0.25, 0.3) is 0 Å². The Morgan fingerprint density at radius 3 is 2.15 bits per heavy atom. The van der Waals surface area contributed by atoms with Crippen molar-refractivity contribution in [1.29, 1.82) is 0 Å². The molecule has 39 heavy (non-hydrogen) atoms. The Balaban J connectivity index is 1.31. The van der Waals surface area contributed by atoms with E-state index in [1.54, 1.807) is 4.90 Å². The van der Waals surface area contributed by atoms with Crippen LogP contribution in [0.5, 0.6) is 5.75 Å². The van der Waals surface area contributed by atoms with Crippen LogP contribution in [0.15, 0.2) is 29.2 Å². The summed E-state index contributed by atoms with van der Waals surface area (Å²) in [5, 5.41) is 4.14. The molecule has 0 N–H and O–H groups in total. The minimum absolute atomic E-state index is 0.0174. The third kappa shape index (κ3) is 6.40. The first kappa shape index (κ1) is 27.5. The van der Waals surface area contributed by atoms with Gasteiger partial charge in [-0.1, -0.05) is 13.8 Å². The van der Waals surface area contributed by atoms with E-state index in [1.165, 1.54) is 10.5 Å². The first-order valence-corrected chi connectivity index (χ1v) is 14.6. The van der Waals surface area contributed by atoms with Crippen LogP contribution in [0.1, 0.15) is 39.5 Å². The molecule has 0 amide bonds. The van der Waals surface area contributed by atoms with E-state index in [1.807, 2.05) is 13.8 Å². The Morgan fingerprint density at radius 1 is 0.974 bits per heavy atom. The quantitative estimate of drug-likeness (QED) is 0.404. The molecule has 2 aliphatic carbocycles. The van der Waals surface area contributed by atoms with Crippen molar-refractivity contribution < 1.29 is 31.5 Å². The second-order valence-electron chi connectivity index (χ2n) is 11.4. The molecule has 10 nitrogen and oxygen atoms in total. The van der Waals surface area contributed by atoms with Crippen molar-refractivity contribution >= 4 is 21.7 Å². The largest absolute Gasteiger partial charge is 0.486 e. The smallest absolute Gasteiger partial charge is 0.322 e. The number of hydrogen-bond acceptors (Lipinski definition) is 8. The lowest BCUT2D eigenvalue weighted by Gasteiger charge is -2.35. The molecule has 1 aromatic carbocycles. The summed E-state index contributed by atoms with van der Waals surface area (Å²) in [6.07, 6.45) is 5.20. The molecule has 0 bridgehead atoms. The maximum Gasteiger partial charge on any atom is 0.322 e. The van der Waals surface area contributed by atoms with Gasteiger partial charge in [-0.15, -0.1) is 0 Å². The van der Waals surface area contributed by atoms with Crippen molar-refractivity contribution in [3.8, 4) is 11.4 Å². The third-order valence-corrected chi connectivity index (χ3v) is 9.39. The lowest BCUT2D eigenvalue weighted by atomic mass is 10.2. The summed E-state index contributed by atoms with van der Waals surface area (Å²) < 4.78 is 66.6. The van der Waals surface area contributed by atoms with Crippen LogP contribution in [0, 0.1) is 22.5 Å². The fourth-order valence-electron chi connectivity index (χ4n) is 4.34. The van der Waals surface area contributed by atoms with Crippen molar-refractivity contribution in [2.24, 2.45) is 10.8 Å². The number of benzene rings is 1. The third-order valence-electron chi connectivity index (χ3n) is 7.63. The Kier molecular flexibility index (Phi) is 7.17. The molecule has 2 heterocycles. The fourth-order valence-corrected chi connectivity index (χ4v) is 5.62. The van der Waals surface area contributed by atoms with Gasteiger partial charge in [-0.3, -0.25) is 9.59 Å². The Hall–Kier alpha value is -3.06. The maximum atomic E-state index is 13.8. The highest BCUT2D eigenvalue weighted by Gasteiger charge is 2.40. The number of anilines is 1. The number of halogens is 2. The predicted molar refractivity (Wildman–Crippen MR) is 138 cm³/mol. The molecule has 0 atom stereocenters. The highest BCUT2D eigenvalue weighted by Crippen LogP contribution is 2.46. The van der Waals surface area contributed by atoms with Gasteiger partial charge in [0.15, 0.2) is 5.75 Å². The van der Waals surface area contributed by atoms with Gasteiger partial charge in [-0.05, 0) is 37.8 Å². The molecule has 0 radical (unpaired) electrons. The molecule has 3 aliphatic rings. The Morgan fingerprint density at radius 2 is 1.56 bits per heavy atom. The molecule has 0 unspecified atom stereocenters. The molecule has 0 spiro atoms. The van der Waals surface area contributed by atoms with Gasteiger partial charge in [0.1, 0.15) is 17.3 Å². The molecule has 2 aromatic rings. The van der Waals surface area contributed by atoms with Crippen LogP contribution in [0.2, 0.25) is 0 Å². The van der Waals surface area contributed by atoms with E-state index >= 15 is 0 Å². The molecule has 3 fully saturated rings. The Labute approximate surface area is 225 Å². The monoisotopic (exact) mass is 566 g/mol. The van der Waals surface area contributed by atoms with Crippen molar-refractivity contribution in [2.45, 2.75) is 39.5 Å². The van der Waals surface area contributed by atoms with E-state index in [9.17, 15) is 26.8 Å². The molecule has 2 saturated carbocycles. The van der Waals surface area contributed by atoms with E-state index in [0.717, 1.165) is 42.5 Å². The van der Waals surface area contributed by atoms with Crippen molar-refractivity contribution in [1.82, 2.24) is 14.1 Å². The highest BCUT2D eigenvalue weighted by molar-refractivity contribution is 7.89. The number of hydrogen-bond donors (Lipinski definition) is 0. The van der Waals surface area contributed by atoms with Crippen LogP contribution in [0.25, 0.3) is 5.69 Å². The van der Waals surface area contributed by atoms with Crippen LogP contribution in [0.3, 0.4) is 0 Å². The van der Waals surface area contributed by atoms with Gasteiger partial charge >= 0.3 is 11.5 Å². The highest BCUT2D eigenvalue weighted by atomic mass is 32.2. The van der Waals surface area contributed by atoms with Gasteiger partial charge in [-0.2, -0.15) is 14.1 Å². The number of rotatable bonds is 10. The molecule has 1 saturated heterocycles. The average Bonchev–Trinajstić information content (AvgIpc) is 3.80. The summed E-state index contributed by atoms with van der Waals surface area (Å²) in [5.74, 6) is -3.21. The lowest BCUT2D eigenvalue weighted by molar-refractivity contribution is -0.142. The molecular weight excluding hydrogens is 534 g/mol. The van der Waals surface area contributed by atoms with Crippen LogP contribution < -0.4 is 15.2 Å². The van der Waals surface area contributed by atoms with E-state index < -0.39 is 38.9 Å². The van der Waals surface area contributed by atoms with Crippen LogP contribution in [-0.4, -0.2) is 73.6 Å². The van der Waals surface area contributed by atoms with Crippen molar-refractivity contribution in [3.05, 3.63) is 46.4 Å². The summed E-state index contributed by atoms with van der Waals surface area (Å²) in [6.45, 7) is 5.14. The summed E-state index contributed by atoms with van der Waals surface area (Å²) in [5.41, 5.74) is -0.478. The number of sulfonamides is 1. The summed E-state index contributed by atoms with van der Waals surface area (Å²) >= 11 is 0. The number of piperazine rings is 1. The van der Waals surface area contributed by atoms with Gasteiger partial charge in [0, 0.05) is 43.1 Å². The zero-order chi connectivity index (χ0) is 28.0. The molecule has 212 valence electrons. The fraction of sp³-hybridized carbons (Fsp3) is 0.577. The number of carbonyl (C=O) groups excluding carboxylic acids is 1. The van der Waals surface area contributed by atoms with E-state index in [-0.39, 0.29) is 61.7 Å². The SMILES string of the molecule is CC1(COC(=O)CS(=O)(=O)N2CCN(c3cnn(-c4cc(F)cc(F)c4)c(=O)c3OCC3(C)CC3)CC2)CC1. The van der Waals surface area contributed by atoms with Gasteiger partial charge in [0.05, 0.1) is 25.1 Å². The first-order valence-electron chi connectivity index (χ1n) is 13.0. The van der Waals surface area contributed by atoms with Gasteiger partial charge in [-0.25, -0.2) is 17.2 Å². The van der Waals surface area contributed by atoms with E-state index in [4.69, 9.17) is 9.47 Å². The van der Waals surface area contributed by atoms with Gasteiger partial charge in [0.2, 0.25) is 15.8 Å². The molecule has 1 aromatic heterocycles. The van der Waals surface area contributed by atoms with Crippen LogP contribution in [-0.2, 0) is 19.6 Å². The summed E-state index contributed by atoms with van der Waals surface area (Å²) in [7, 11) is -3.88. The van der Waals surface area contributed by atoms with E-state index in [0.29, 0.717) is 11.8 Å². The van der Waals surface area contributed by atoms with Crippen LogP contribution >= 0.6 is 0 Å². The zero-order valence-electron chi connectivity index (χ0n) is 22.0. The molecule has 5 rings (SSSR count). The Bertz CT molecular complexity index is 1410. The second kappa shape index (κ2) is 10.2. The zero-order valence-corrected chi connectivity index (χ0v) is 22.8. The molecule has 1 aliphatic heterocycles. The normalized spacial score (nSPS) is 19.9. The number of carbonyl (C=O) groups is 1. The standard InChI is InChI=1S/C26H32F2N4O6S/c1-25(3-4-25)16-37-22(33)15-39(35,36)31-9-7-30(8-10-31)21-14-29-32(20-12-18(27)11-19(28)13-20)24(34)23(21)38-17-26(2)5-6-26/h11-14H,3-10,15-17H2,1-2H3. The van der Waals surface area contributed by atoms with Gasteiger partial charge < -0.3 is 14.4 Å². The molecular formula is C26H32F2N4O6S. The van der Waals surface area contributed by atoms with Crippen LogP contribution in [0.4, 0.5) is 14.5 Å². The topological polar surface area (TPSA) is 111 Å². The predicted octanol–water partition coefficient (Wildman–Crippen LogP) is 2.48. The van der Waals surface area contributed by atoms with Crippen molar-refractivity contribution in [2.75, 3.05) is 50.0 Å². The maximum absolute atomic E-state index is 13.8. The number of nitrogens with zero attached hydrogens (tertiary/aromatic N) is 4. The minimum Gasteiger partial charge on any atom is -0.486 e. The van der Waals surface area contributed by atoms with E-state index in [2.05, 4.69) is 5.10 Å². The molecule has 13 heteroatoms. The lowest BCUT2D eigenvalue weighted by Crippen LogP contribution is -2.50. The van der Waals surface area contributed by atoms with Crippen molar-refractivity contribution in [3.63, 3.8) is 0 Å². The average molecular weight is 567 g/mol. The first-order chi connectivity index (χ1) is 18.4.